The Bertz CT molecular complexity index is 250. The fourth-order valence-electron chi connectivity index (χ4n) is 3.06. The Kier molecular flexibility index (Phi) is 6.05. The van der Waals surface area contributed by atoms with Crippen molar-refractivity contribution in [2.75, 3.05) is 40.0 Å². The lowest BCUT2D eigenvalue weighted by molar-refractivity contribution is -0.130. The van der Waals surface area contributed by atoms with E-state index in [-0.39, 0.29) is 11.1 Å². The maximum atomic E-state index is 6.12. The molecule has 1 fully saturated rings. The van der Waals surface area contributed by atoms with Crippen molar-refractivity contribution >= 4 is 0 Å². The second-order valence-corrected chi connectivity index (χ2v) is 5.58. The summed E-state index contributed by atoms with van der Waals surface area (Å²) in [5.41, 5.74) is 6.17. The zero-order valence-electron chi connectivity index (χ0n) is 12.5. The van der Waals surface area contributed by atoms with E-state index >= 15 is 0 Å². The van der Waals surface area contributed by atoms with E-state index in [2.05, 4.69) is 25.7 Å². The smallest absolute Gasteiger partial charge is 0.0670 e. The molecule has 0 aromatic carbocycles. The summed E-state index contributed by atoms with van der Waals surface area (Å²) < 4.78 is 11.2. The number of methoxy groups -OCH3 is 1. The largest absolute Gasteiger partial charge is 0.383 e. The minimum Gasteiger partial charge on any atom is -0.383 e. The summed E-state index contributed by atoms with van der Waals surface area (Å²) in [5, 5.41) is 0. The highest BCUT2D eigenvalue weighted by Crippen LogP contribution is 2.37. The number of nitrogens with two attached hydrogens (primary N) is 1. The van der Waals surface area contributed by atoms with Crippen LogP contribution < -0.4 is 5.73 Å². The quantitative estimate of drug-likeness (QED) is 0.754. The zero-order valence-corrected chi connectivity index (χ0v) is 12.5. The van der Waals surface area contributed by atoms with E-state index < -0.39 is 0 Å². The van der Waals surface area contributed by atoms with Gasteiger partial charge in [-0.05, 0) is 32.7 Å². The van der Waals surface area contributed by atoms with Crippen LogP contribution in [0.1, 0.15) is 40.0 Å². The van der Waals surface area contributed by atoms with E-state index in [0.717, 1.165) is 45.6 Å². The predicted molar refractivity (Wildman–Crippen MR) is 74.8 cm³/mol. The van der Waals surface area contributed by atoms with Crippen molar-refractivity contribution in [3.05, 3.63) is 0 Å². The Labute approximate surface area is 112 Å². The lowest BCUT2D eigenvalue weighted by atomic mass is 9.78. The Balaban J connectivity index is 2.81. The van der Waals surface area contributed by atoms with Crippen molar-refractivity contribution < 1.29 is 9.47 Å². The lowest BCUT2D eigenvalue weighted by Gasteiger charge is -2.51. The van der Waals surface area contributed by atoms with Crippen LogP contribution in [0.5, 0.6) is 0 Å². The minimum absolute atomic E-state index is 0.0297. The van der Waals surface area contributed by atoms with Crippen LogP contribution in [0, 0.1) is 0 Å². The predicted octanol–water partition coefficient (Wildman–Crippen LogP) is 1.63. The van der Waals surface area contributed by atoms with Crippen LogP contribution in [0.4, 0.5) is 0 Å². The number of hydrogen-bond donors (Lipinski definition) is 1. The monoisotopic (exact) mass is 258 g/mol. The van der Waals surface area contributed by atoms with Crippen LogP contribution in [0.15, 0.2) is 0 Å². The molecular weight excluding hydrogens is 228 g/mol. The third kappa shape index (κ3) is 3.44. The van der Waals surface area contributed by atoms with Crippen LogP contribution in [0.2, 0.25) is 0 Å². The molecule has 0 spiro atoms. The molecule has 0 aromatic rings. The Hall–Kier alpha value is -0.160. The van der Waals surface area contributed by atoms with Crippen molar-refractivity contribution in [1.82, 2.24) is 4.90 Å². The average Bonchev–Trinajstić information content (AvgIpc) is 2.39. The summed E-state index contributed by atoms with van der Waals surface area (Å²) in [6, 6.07) is 0. The summed E-state index contributed by atoms with van der Waals surface area (Å²) in [6.45, 7) is 10.8. The van der Waals surface area contributed by atoms with E-state index in [9.17, 15) is 0 Å². The van der Waals surface area contributed by atoms with Crippen molar-refractivity contribution in [1.29, 1.82) is 0 Å². The summed E-state index contributed by atoms with van der Waals surface area (Å²) in [4.78, 5) is 2.48. The normalized spacial score (nSPS) is 33.0. The zero-order chi connectivity index (χ0) is 13.6. The van der Waals surface area contributed by atoms with E-state index in [1.54, 1.807) is 7.11 Å². The minimum atomic E-state index is -0.0297. The molecule has 2 unspecified atom stereocenters. The van der Waals surface area contributed by atoms with Crippen LogP contribution >= 0.6 is 0 Å². The molecule has 18 heavy (non-hydrogen) atoms. The van der Waals surface area contributed by atoms with Crippen molar-refractivity contribution in [2.45, 2.75) is 51.2 Å². The first kappa shape index (κ1) is 15.9. The first-order valence-corrected chi connectivity index (χ1v) is 7.14. The van der Waals surface area contributed by atoms with Crippen molar-refractivity contribution in [2.24, 2.45) is 5.73 Å². The summed E-state index contributed by atoms with van der Waals surface area (Å²) in [6.07, 6.45) is 3.08. The van der Waals surface area contributed by atoms with Gasteiger partial charge in [0.05, 0.1) is 12.2 Å². The lowest BCUT2D eigenvalue weighted by Crippen LogP contribution is -2.61. The topological polar surface area (TPSA) is 47.7 Å². The van der Waals surface area contributed by atoms with Crippen molar-refractivity contribution in [3.8, 4) is 0 Å². The molecule has 4 heteroatoms. The van der Waals surface area contributed by atoms with E-state index in [1.165, 1.54) is 0 Å². The maximum Gasteiger partial charge on any atom is 0.0670 e. The second kappa shape index (κ2) is 6.85. The molecule has 0 bridgehead atoms. The Morgan fingerprint density at radius 2 is 2.11 bits per heavy atom. The van der Waals surface area contributed by atoms with Gasteiger partial charge in [0.1, 0.15) is 0 Å². The molecule has 1 saturated heterocycles. The molecule has 0 radical (unpaired) electrons. The summed E-state index contributed by atoms with van der Waals surface area (Å²) in [5.74, 6) is 0. The van der Waals surface area contributed by atoms with E-state index in [0.29, 0.717) is 6.54 Å². The van der Waals surface area contributed by atoms with Gasteiger partial charge in [0, 0.05) is 32.3 Å². The van der Waals surface area contributed by atoms with Gasteiger partial charge in [-0.1, -0.05) is 13.8 Å². The molecule has 1 rings (SSSR count). The highest BCUT2D eigenvalue weighted by atomic mass is 16.5. The molecule has 0 aliphatic carbocycles. The molecule has 4 nitrogen and oxygen atoms in total. The second-order valence-electron chi connectivity index (χ2n) is 5.58. The average molecular weight is 258 g/mol. The highest BCUT2D eigenvalue weighted by molar-refractivity contribution is 5.00. The van der Waals surface area contributed by atoms with Gasteiger partial charge in [-0.25, -0.2) is 0 Å². The van der Waals surface area contributed by atoms with Crippen molar-refractivity contribution in [3.63, 3.8) is 0 Å². The van der Waals surface area contributed by atoms with Crippen LogP contribution in [0.25, 0.3) is 0 Å². The molecule has 1 aliphatic heterocycles. The first-order valence-electron chi connectivity index (χ1n) is 7.14. The molecule has 0 amide bonds. The third-order valence-corrected chi connectivity index (χ3v) is 4.47. The Morgan fingerprint density at radius 3 is 2.61 bits per heavy atom. The van der Waals surface area contributed by atoms with Gasteiger partial charge in [-0.3, -0.25) is 4.90 Å². The van der Waals surface area contributed by atoms with Gasteiger partial charge in [0.25, 0.3) is 0 Å². The van der Waals surface area contributed by atoms with Gasteiger partial charge >= 0.3 is 0 Å². The van der Waals surface area contributed by atoms with Crippen LogP contribution in [-0.4, -0.2) is 56.0 Å². The van der Waals surface area contributed by atoms with Gasteiger partial charge in [-0.15, -0.1) is 0 Å². The van der Waals surface area contributed by atoms with Gasteiger partial charge in [0.15, 0.2) is 0 Å². The van der Waals surface area contributed by atoms with E-state index in [1.807, 2.05) is 0 Å². The number of ether oxygens (including phenoxy) is 2. The molecule has 0 aromatic heterocycles. The van der Waals surface area contributed by atoms with Gasteiger partial charge in [-0.2, -0.15) is 0 Å². The fraction of sp³-hybridized carbons (Fsp3) is 1.00. The fourth-order valence-corrected chi connectivity index (χ4v) is 3.06. The molecular formula is C14H30N2O2. The summed E-state index contributed by atoms with van der Waals surface area (Å²) in [7, 11) is 1.75. The first-order chi connectivity index (χ1) is 8.55. The number of nitrogens with zero attached hydrogens (tertiary/aromatic N) is 1. The number of rotatable bonds is 7. The molecule has 2 atom stereocenters. The van der Waals surface area contributed by atoms with Gasteiger partial charge in [0.2, 0.25) is 0 Å². The van der Waals surface area contributed by atoms with Crippen LogP contribution in [0.3, 0.4) is 0 Å². The van der Waals surface area contributed by atoms with Gasteiger partial charge < -0.3 is 15.2 Å². The SMILES string of the molecule is CCN(CCOC)C1(CN)CCOC(C)(CC)C1. The van der Waals surface area contributed by atoms with Crippen LogP contribution in [-0.2, 0) is 9.47 Å². The Morgan fingerprint density at radius 1 is 1.39 bits per heavy atom. The molecule has 108 valence electrons. The maximum absolute atomic E-state index is 6.12. The third-order valence-electron chi connectivity index (χ3n) is 4.47. The molecule has 1 heterocycles. The standard InChI is InChI=1S/C14H30N2O2/c1-5-13(3)11-14(12-15,7-9-18-13)16(6-2)8-10-17-4/h5-12,15H2,1-4H3. The van der Waals surface area contributed by atoms with E-state index in [4.69, 9.17) is 15.2 Å². The molecule has 1 aliphatic rings. The summed E-state index contributed by atoms with van der Waals surface area (Å²) >= 11 is 0. The number of hydrogen-bond acceptors (Lipinski definition) is 4. The molecule has 2 N–H and O–H groups in total. The number of likely N-dealkylation sites (N-methyl/N-ethyl adjacent to an activating group) is 1. The molecule has 0 saturated carbocycles. The highest BCUT2D eigenvalue weighted by Gasteiger charge is 2.44.